The standard InChI is InChI=1S/C21H18N4O3S2/c1-28-16-10-6-5-9-15(16)23-17(26)12-30-21-24-19-18(20(27)25(21)22)14(11-29-19)13-7-3-2-4-8-13/h2-11H,12,22H2,1H3,(H,23,26). The number of nitrogens with zero attached hydrogens (tertiary/aromatic N) is 2. The van der Waals surface area contributed by atoms with Crippen molar-refractivity contribution in [2.24, 2.45) is 0 Å². The average molecular weight is 439 g/mol. The second kappa shape index (κ2) is 8.60. The van der Waals surface area contributed by atoms with Gasteiger partial charge in [-0.25, -0.2) is 9.66 Å². The van der Waals surface area contributed by atoms with E-state index in [1.165, 1.54) is 18.4 Å². The molecule has 2 heterocycles. The number of methoxy groups -OCH3 is 1. The molecule has 0 aliphatic rings. The summed E-state index contributed by atoms with van der Waals surface area (Å²) in [7, 11) is 1.54. The number of nitrogens with one attached hydrogen (secondary N) is 1. The van der Waals surface area contributed by atoms with Crippen molar-refractivity contribution in [2.75, 3.05) is 24.0 Å². The lowest BCUT2D eigenvalue weighted by atomic mass is 10.1. The quantitative estimate of drug-likeness (QED) is 0.271. The number of amides is 1. The number of fused-ring (bicyclic) bond motifs is 1. The minimum atomic E-state index is -0.340. The van der Waals surface area contributed by atoms with E-state index in [1.54, 1.807) is 18.2 Å². The van der Waals surface area contributed by atoms with Gasteiger partial charge in [-0.15, -0.1) is 11.3 Å². The fraction of sp³-hybridized carbons (Fsp3) is 0.0952. The monoisotopic (exact) mass is 438 g/mol. The van der Waals surface area contributed by atoms with E-state index < -0.39 is 0 Å². The predicted octanol–water partition coefficient (Wildman–Crippen LogP) is 3.58. The summed E-state index contributed by atoms with van der Waals surface area (Å²) in [4.78, 5) is 30.4. The Labute approximate surface area is 180 Å². The number of hydrogen-bond acceptors (Lipinski definition) is 7. The number of nitrogen functional groups attached to an aromatic ring is 1. The van der Waals surface area contributed by atoms with Gasteiger partial charge in [-0.05, 0) is 17.7 Å². The van der Waals surface area contributed by atoms with Crippen LogP contribution >= 0.6 is 23.1 Å². The van der Waals surface area contributed by atoms with Crippen LogP contribution in [0.3, 0.4) is 0 Å². The van der Waals surface area contributed by atoms with Crippen molar-refractivity contribution in [1.82, 2.24) is 9.66 Å². The van der Waals surface area contributed by atoms with Gasteiger partial charge in [-0.2, -0.15) is 0 Å². The summed E-state index contributed by atoms with van der Waals surface area (Å²) in [6, 6.07) is 16.8. The third kappa shape index (κ3) is 3.89. The molecule has 7 nitrogen and oxygen atoms in total. The molecule has 2 aromatic carbocycles. The highest BCUT2D eigenvalue weighted by Gasteiger charge is 2.17. The van der Waals surface area contributed by atoms with Crippen molar-refractivity contribution in [1.29, 1.82) is 0 Å². The summed E-state index contributed by atoms with van der Waals surface area (Å²) in [5.41, 5.74) is 1.97. The second-order valence-electron chi connectivity index (χ2n) is 6.30. The molecule has 0 atom stereocenters. The van der Waals surface area contributed by atoms with Gasteiger partial charge in [0.15, 0.2) is 5.16 Å². The molecule has 0 saturated heterocycles. The van der Waals surface area contributed by atoms with Crippen molar-refractivity contribution < 1.29 is 9.53 Å². The van der Waals surface area contributed by atoms with Crippen molar-refractivity contribution in [3.05, 3.63) is 70.3 Å². The van der Waals surface area contributed by atoms with Crippen LogP contribution in [0, 0.1) is 0 Å². The molecular weight excluding hydrogens is 420 g/mol. The zero-order valence-corrected chi connectivity index (χ0v) is 17.6. The van der Waals surface area contributed by atoms with E-state index in [1.807, 2.05) is 41.8 Å². The minimum Gasteiger partial charge on any atom is -0.495 e. The number of para-hydroxylation sites is 2. The van der Waals surface area contributed by atoms with Gasteiger partial charge in [0, 0.05) is 10.9 Å². The number of anilines is 1. The fourth-order valence-corrected chi connectivity index (χ4v) is 4.69. The van der Waals surface area contributed by atoms with Gasteiger partial charge < -0.3 is 15.9 Å². The Morgan fingerprint density at radius 2 is 1.93 bits per heavy atom. The lowest BCUT2D eigenvalue weighted by molar-refractivity contribution is -0.113. The molecule has 2 aromatic heterocycles. The number of thioether (sulfide) groups is 1. The van der Waals surface area contributed by atoms with E-state index in [2.05, 4.69) is 10.3 Å². The molecule has 4 rings (SSSR count). The number of nitrogens with two attached hydrogens (primary N) is 1. The Morgan fingerprint density at radius 1 is 1.20 bits per heavy atom. The van der Waals surface area contributed by atoms with Crippen LogP contribution in [0.4, 0.5) is 5.69 Å². The van der Waals surface area contributed by atoms with Crippen molar-refractivity contribution in [3.8, 4) is 16.9 Å². The number of ether oxygens (including phenoxy) is 1. The highest BCUT2D eigenvalue weighted by Crippen LogP contribution is 2.31. The maximum atomic E-state index is 12.9. The second-order valence-corrected chi connectivity index (χ2v) is 8.10. The number of benzene rings is 2. The van der Waals surface area contributed by atoms with Crippen LogP contribution in [0.2, 0.25) is 0 Å². The first-order valence-electron chi connectivity index (χ1n) is 8.99. The fourth-order valence-electron chi connectivity index (χ4n) is 2.98. The maximum absolute atomic E-state index is 12.9. The summed E-state index contributed by atoms with van der Waals surface area (Å²) >= 11 is 2.48. The van der Waals surface area contributed by atoms with E-state index in [-0.39, 0.29) is 22.4 Å². The molecule has 30 heavy (non-hydrogen) atoms. The van der Waals surface area contributed by atoms with Gasteiger partial charge in [0.05, 0.1) is 23.9 Å². The van der Waals surface area contributed by atoms with Gasteiger partial charge in [0.2, 0.25) is 5.91 Å². The maximum Gasteiger partial charge on any atom is 0.282 e. The summed E-state index contributed by atoms with van der Waals surface area (Å²) < 4.78 is 6.24. The minimum absolute atomic E-state index is 0.0457. The van der Waals surface area contributed by atoms with E-state index in [0.29, 0.717) is 21.7 Å². The molecule has 0 aliphatic carbocycles. The first-order valence-corrected chi connectivity index (χ1v) is 10.9. The molecule has 0 bridgehead atoms. The van der Waals surface area contributed by atoms with Gasteiger partial charge in [0.1, 0.15) is 10.6 Å². The van der Waals surface area contributed by atoms with Crippen LogP contribution < -0.4 is 21.5 Å². The van der Waals surface area contributed by atoms with Crippen LogP contribution in [0.5, 0.6) is 5.75 Å². The summed E-state index contributed by atoms with van der Waals surface area (Å²) in [5, 5.41) is 5.45. The number of hydrogen-bond donors (Lipinski definition) is 2. The molecule has 0 saturated carbocycles. The Balaban J connectivity index is 1.56. The molecule has 3 N–H and O–H groups in total. The van der Waals surface area contributed by atoms with Crippen LogP contribution in [-0.4, -0.2) is 28.4 Å². The van der Waals surface area contributed by atoms with Gasteiger partial charge in [-0.1, -0.05) is 54.2 Å². The Hall–Kier alpha value is -3.30. The molecule has 0 radical (unpaired) electrons. The molecule has 4 aromatic rings. The SMILES string of the molecule is COc1ccccc1NC(=O)CSc1nc2scc(-c3ccccc3)c2c(=O)n1N. The molecule has 0 aliphatic heterocycles. The number of rotatable bonds is 6. The van der Waals surface area contributed by atoms with Crippen molar-refractivity contribution >= 4 is 44.9 Å². The highest BCUT2D eigenvalue weighted by atomic mass is 32.2. The molecule has 1 amide bonds. The van der Waals surface area contributed by atoms with E-state index in [0.717, 1.165) is 27.6 Å². The van der Waals surface area contributed by atoms with E-state index >= 15 is 0 Å². The Morgan fingerprint density at radius 3 is 2.70 bits per heavy atom. The topological polar surface area (TPSA) is 99.2 Å². The molecule has 0 spiro atoms. The third-order valence-corrected chi connectivity index (χ3v) is 6.23. The molecule has 0 unspecified atom stereocenters. The number of aromatic nitrogens is 2. The predicted molar refractivity (Wildman–Crippen MR) is 122 cm³/mol. The zero-order chi connectivity index (χ0) is 21.1. The lowest BCUT2D eigenvalue weighted by Crippen LogP contribution is -2.30. The third-order valence-electron chi connectivity index (χ3n) is 4.41. The van der Waals surface area contributed by atoms with Gasteiger partial charge >= 0.3 is 0 Å². The smallest absolute Gasteiger partial charge is 0.282 e. The van der Waals surface area contributed by atoms with Crippen LogP contribution in [-0.2, 0) is 4.79 Å². The molecule has 0 fully saturated rings. The van der Waals surface area contributed by atoms with E-state index in [9.17, 15) is 9.59 Å². The first-order chi connectivity index (χ1) is 14.6. The highest BCUT2D eigenvalue weighted by molar-refractivity contribution is 7.99. The van der Waals surface area contributed by atoms with Crippen LogP contribution in [0.15, 0.2) is 69.9 Å². The van der Waals surface area contributed by atoms with Crippen LogP contribution in [0.1, 0.15) is 0 Å². The first kappa shape index (κ1) is 20.0. The summed E-state index contributed by atoms with van der Waals surface area (Å²) in [6.45, 7) is 0. The molecule has 152 valence electrons. The van der Waals surface area contributed by atoms with Crippen molar-refractivity contribution in [3.63, 3.8) is 0 Å². The summed E-state index contributed by atoms with van der Waals surface area (Å²) in [5.74, 6) is 6.37. The Kier molecular flexibility index (Phi) is 5.73. The lowest BCUT2D eigenvalue weighted by Gasteiger charge is -2.10. The average Bonchev–Trinajstić information content (AvgIpc) is 3.20. The zero-order valence-electron chi connectivity index (χ0n) is 16.0. The Bertz CT molecular complexity index is 1270. The van der Waals surface area contributed by atoms with Gasteiger partial charge in [0.25, 0.3) is 5.56 Å². The number of thiophene rings is 1. The van der Waals surface area contributed by atoms with Crippen molar-refractivity contribution in [2.45, 2.75) is 5.16 Å². The number of carbonyl (C=O) groups is 1. The largest absolute Gasteiger partial charge is 0.495 e. The van der Waals surface area contributed by atoms with Crippen LogP contribution in [0.25, 0.3) is 21.3 Å². The number of carbonyl (C=O) groups excluding carboxylic acids is 1. The molecular formula is C21H18N4O3S2. The van der Waals surface area contributed by atoms with Gasteiger partial charge in [-0.3, -0.25) is 9.59 Å². The van der Waals surface area contributed by atoms with E-state index in [4.69, 9.17) is 10.6 Å². The molecule has 9 heteroatoms. The summed E-state index contributed by atoms with van der Waals surface area (Å²) in [6.07, 6.45) is 0. The normalized spacial score (nSPS) is 10.8.